The fourth-order valence-electron chi connectivity index (χ4n) is 1.93. The number of nitrogens with one attached hydrogen (secondary N) is 1. The van der Waals surface area contributed by atoms with Gasteiger partial charge in [-0.1, -0.05) is 19.9 Å². The summed E-state index contributed by atoms with van der Waals surface area (Å²) in [6, 6.07) is 4.32. The number of rotatable bonds is 9. The molecule has 4 nitrogen and oxygen atoms in total. The number of halogens is 4. The Morgan fingerprint density at radius 2 is 1.92 bits per heavy atom. The van der Waals surface area contributed by atoms with E-state index in [9.17, 15) is 22.4 Å². The fraction of sp³-hybridized carbons (Fsp3) is 0.562. The molecule has 1 aromatic carbocycles. The Balaban J connectivity index is 2.21. The molecule has 0 atom stereocenters. The molecule has 1 rings (SSSR count). The van der Waals surface area contributed by atoms with Crippen LogP contribution in [0.3, 0.4) is 0 Å². The SMILES string of the molecule is CC(C)c1ccc(F)cc1OCCOCCNC(=O)CC(F)(F)F. The Hall–Kier alpha value is -1.83. The summed E-state index contributed by atoms with van der Waals surface area (Å²) in [5, 5.41) is 2.10. The van der Waals surface area contributed by atoms with Crippen molar-refractivity contribution in [3.8, 4) is 5.75 Å². The first-order valence-corrected chi connectivity index (χ1v) is 7.52. The van der Waals surface area contributed by atoms with Gasteiger partial charge in [-0.3, -0.25) is 4.79 Å². The van der Waals surface area contributed by atoms with Crippen LogP contribution >= 0.6 is 0 Å². The molecule has 24 heavy (non-hydrogen) atoms. The number of alkyl halides is 3. The van der Waals surface area contributed by atoms with E-state index in [4.69, 9.17) is 9.47 Å². The maximum atomic E-state index is 13.2. The monoisotopic (exact) mass is 351 g/mol. The lowest BCUT2D eigenvalue weighted by Crippen LogP contribution is -2.31. The molecule has 0 aliphatic rings. The van der Waals surface area contributed by atoms with Gasteiger partial charge in [-0.25, -0.2) is 4.39 Å². The molecule has 136 valence electrons. The van der Waals surface area contributed by atoms with Crippen molar-refractivity contribution in [3.63, 3.8) is 0 Å². The summed E-state index contributed by atoms with van der Waals surface area (Å²) < 4.78 is 59.6. The van der Waals surface area contributed by atoms with Gasteiger partial charge in [0.15, 0.2) is 0 Å². The van der Waals surface area contributed by atoms with E-state index in [1.54, 1.807) is 6.07 Å². The molecule has 1 amide bonds. The van der Waals surface area contributed by atoms with E-state index in [0.29, 0.717) is 5.75 Å². The number of amides is 1. The van der Waals surface area contributed by atoms with Crippen LogP contribution in [-0.4, -0.2) is 38.4 Å². The van der Waals surface area contributed by atoms with Gasteiger partial charge in [0.05, 0.1) is 13.2 Å². The van der Waals surface area contributed by atoms with Crippen molar-refractivity contribution in [2.45, 2.75) is 32.4 Å². The second-order valence-electron chi connectivity index (χ2n) is 5.44. The zero-order chi connectivity index (χ0) is 18.2. The van der Waals surface area contributed by atoms with Gasteiger partial charge in [-0.15, -0.1) is 0 Å². The molecule has 0 heterocycles. The number of hydrogen-bond donors (Lipinski definition) is 1. The van der Waals surface area contributed by atoms with Gasteiger partial charge < -0.3 is 14.8 Å². The Morgan fingerprint density at radius 3 is 2.54 bits per heavy atom. The first kappa shape index (κ1) is 20.2. The minimum atomic E-state index is -4.52. The zero-order valence-corrected chi connectivity index (χ0v) is 13.6. The highest BCUT2D eigenvalue weighted by molar-refractivity contribution is 5.76. The molecule has 1 N–H and O–H groups in total. The molecule has 0 aliphatic heterocycles. The first-order valence-electron chi connectivity index (χ1n) is 7.52. The van der Waals surface area contributed by atoms with E-state index in [-0.39, 0.29) is 32.3 Å². The molecule has 0 bridgehead atoms. The summed E-state index contributed by atoms with van der Waals surface area (Å²) in [6.07, 6.45) is -6.02. The average molecular weight is 351 g/mol. The molecular weight excluding hydrogens is 330 g/mol. The second kappa shape index (κ2) is 9.46. The quantitative estimate of drug-likeness (QED) is 0.548. The van der Waals surface area contributed by atoms with Crippen LogP contribution in [0.5, 0.6) is 5.75 Å². The van der Waals surface area contributed by atoms with Gasteiger partial charge in [0, 0.05) is 12.6 Å². The normalized spacial score (nSPS) is 11.6. The zero-order valence-electron chi connectivity index (χ0n) is 13.6. The van der Waals surface area contributed by atoms with E-state index in [0.717, 1.165) is 5.56 Å². The maximum Gasteiger partial charge on any atom is 0.397 e. The van der Waals surface area contributed by atoms with Crippen LogP contribution in [0.4, 0.5) is 17.6 Å². The van der Waals surface area contributed by atoms with E-state index < -0.39 is 24.3 Å². The Bertz CT molecular complexity index is 533. The van der Waals surface area contributed by atoms with E-state index in [1.165, 1.54) is 12.1 Å². The molecule has 0 spiro atoms. The van der Waals surface area contributed by atoms with Crippen LogP contribution in [0, 0.1) is 5.82 Å². The van der Waals surface area contributed by atoms with Crippen LogP contribution < -0.4 is 10.1 Å². The van der Waals surface area contributed by atoms with Crippen molar-refractivity contribution in [1.82, 2.24) is 5.32 Å². The number of carbonyl (C=O) groups excluding carboxylic acids is 1. The molecule has 0 fully saturated rings. The van der Waals surface area contributed by atoms with Gasteiger partial charge in [0.25, 0.3) is 0 Å². The van der Waals surface area contributed by atoms with Crippen molar-refractivity contribution in [1.29, 1.82) is 0 Å². The smallest absolute Gasteiger partial charge is 0.397 e. The molecule has 0 aromatic heterocycles. The highest BCUT2D eigenvalue weighted by atomic mass is 19.4. The van der Waals surface area contributed by atoms with Crippen LogP contribution in [0.25, 0.3) is 0 Å². The number of benzene rings is 1. The Morgan fingerprint density at radius 1 is 1.21 bits per heavy atom. The summed E-state index contributed by atoms with van der Waals surface area (Å²) in [4.78, 5) is 10.9. The summed E-state index contributed by atoms with van der Waals surface area (Å²) in [6.45, 7) is 4.29. The van der Waals surface area contributed by atoms with Crippen molar-refractivity contribution in [2.75, 3.05) is 26.4 Å². The first-order chi connectivity index (χ1) is 11.2. The summed E-state index contributed by atoms with van der Waals surface area (Å²) in [7, 11) is 0. The molecule has 1 aromatic rings. The van der Waals surface area contributed by atoms with Crippen molar-refractivity contribution >= 4 is 5.91 Å². The van der Waals surface area contributed by atoms with E-state index >= 15 is 0 Å². The minimum absolute atomic E-state index is 0.0217. The highest BCUT2D eigenvalue weighted by Gasteiger charge is 2.30. The molecule has 0 saturated carbocycles. The lowest BCUT2D eigenvalue weighted by Gasteiger charge is -2.14. The highest BCUT2D eigenvalue weighted by Crippen LogP contribution is 2.27. The molecule has 8 heteroatoms. The second-order valence-corrected chi connectivity index (χ2v) is 5.44. The summed E-state index contributed by atoms with van der Waals surface area (Å²) in [5.41, 5.74) is 0.871. The fourth-order valence-corrected chi connectivity index (χ4v) is 1.93. The Labute approximate surface area is 138 Å². The van der Waals surface area contributed by atoms with Gasteiger partial charge in [0.2, 0.25) is 5.91 Å². The van der Waals surface area contributed by atoms with Crippen LogP contribution in [0.15, 0.2) is 18.2 Å². The standard InChI is InChI=1S/C16H21F4NO3/c1-11(2)13-4-3-12(17)9-14(13)24-8-7-23-6-5-21-15(22)10-16(18,19)20/h3-4,9,11H,5-8,10H2,1-2H3,(H,21,22). The van der Waals surface area contributed by atoms with Gasteiger partial charge >= 0.3 is 6.18 Å². The number of hydrogen-bond acceptors (Lipinski definition) is 3. The van der Waals surface area contributed by atoms with Crippen molar-refractivity contribution in [3.05, 3.63) is 29.6 Å². The predicted molar refractivity (Wildman–Crippen MR) is 80.5 cm³/mol. The van der Waals surface area contributed by atoms with Crippen LogP contribution in [0.2, 0.25) is 0 Å². The van der Waals surface area contributed by atoms with Gasteiger partial charge in [-0.05, 0) is 17.5 Å². The lowest BCUT2D eigenvalue weighted by atomic mass is 10.0. The minimum Gasteiger partial charge on any atom is -0.491 e. The largest absolute Gasteiger partial charge is 0.491 e. The molecule has 0 aliphatic carbocycles. The number of ether oxygens (including phenoxy) is 2. The lowest BCUT2D eigenvalue weighted by molar-refractivity contribution is -0.153. The summed E-state index contributed by atoms with van der Waals surface area (Å²) >= 11 is 0. The van der Waals surface area contributed by atoms with Crippen LogP contribution in [-0.2, 0) is 9.53 Å². The van der Waals surface area contributed by atoms with E-state index in [1.807, 2.05) is 13.8 Å². The van der Waals surface area contributed by atoms with E-state index in [2.05, 4.69) is 5.32 Å². The van der Waals surface area contributed by atoms with Crippen LogP contribution in [0.1, 0.15) is 31.7 Å². The number of carbonyl (C=O) groups is 1. The van der Waals surface area contributed by atoms with Crippen molar-refractivity contribution in [2.24, 2.45) is 0 Å². The molecule has 0 saturated heterocycles. The maximum absolute atomic E-state index is 13.2. The third-order valence-electron chi connectivity index (χ3n) is 3.01. The van der Waals surface area contributed by atoms with Gasteiger partial charge in [-0.2, -0.15) is 13.2 Å². The van der Waals surface area contributed by atoms with Crippen molar-refractivity contribution < 1.29 is 31.8 Å². The topological polar surface area (TPSA) is 47.6 Å². The predicted octanol–water partition coefficient (Wildman–Crippen LogP) is 3.41. The molecule has 0 unspecified atom stereocenters. The Kier molecular flexibility index (Phi) is 7.97. The summed E-state index contributed by atoms with van der Waals surface area (Å²) in [5.74, 6) is -0.885. The molecular formula is C16H21F4NO3. The third kappa shape index (κ3) is 8.14. The van der Waals surface area contributed by atoms with Gasteiger partial charge in [0.1, 0.15) is 24.6 Å². The average Bonchev–Trinajstić information content (AvgIpc) is 2.44. The molecule has 0 radical (unpaired) electrons. The third-order valence-corrected chi connectivity index (χ3v) is 3.01.